The van der Waals surface area contributed by atoms with Crippen molar-refractivity contribution >= 4 is 11.6 Å². The smallest absolute Gasteiger partial charge is 0.329 e. The number of nitrogens with one attached hydrogen (secondary N) is 1. The third-order valence-corrected chi connectivity index (χ3v) is 3.14. The molecule has 2 heterocycles. The van der Waals surface area contributed by atoms with Gasteiger partial charge in [0.2, 0.25) is 0 Å². The van der Waals surface area contributed by atoms with Crippen LogP contribution in [0.4, 0.5) is 0 Å². The fourth-order valence-corrected chi connectivity index (χ4v) is 2.09. The highest BCUT2D eigenvalue weighted by Crippen LogP contribution is 2.21. The predicted octanol–water partition coefficient (Wildman–Crippen LogP) is 0.615. The van der Waals surface area contributed by atoms with Gasteiger partial charge in [-0.25, -0.2) is 4.79 Å². The van der Waals surface area contributed by atoms with Gasteiger partial charge in [0.25, 0.3) is 5.56 Å². The summed E-state index contributed by atoms with van der Waals surface area (Å²) in [5.41, 5.74) is -0.829. The third-order valence-electron chi connectivity index (χ3n) is 2.94. The van der Waals surface area contributed by atoms with Gasteiger partial charge in [0.05, 0.1) is 6.10 Å². The van der Waals surface area contributed by atoms with Gasteiger partial charge in [0.15, 0.2) is 0 Å². The molecule has 1 aliphatic rings. The van der Waals surface area contributed by atoms with Crippen LogP contribution >= 0.6 is 11.6 Å². The van der Waals surface area contributed by atoms with Crippen molar-refractivity contribution in [1.29, 1.82) is 0 Å². The molecule has 0 aliphatic carbocycles. The van der Waals surface area contributed by atoms with E-state index in [1.54, 1.807) is 0 Å². The lowest BCUT2D eigenvalue weighted by Gasteiger charge is -2.14. The minimum absolute atomic E-state index is 0.0713. The van der Waals surface area contributed by atoms with Gasteiger partial charge in [-0.05, 0) is 13.3 Å². The van der Waals surface area contributed by atoms with Crippen molar-refractivity contribution in [1.82, 2.24) is 9.55 Å². The number of hydrogen-bond donors (Lipinski definition) is 1. The molecule has 2 atom stereocenters. The van der Waals surface area contributed by atoms with Crippen molar-refractivity contribution in [3.8, 4) is 0 Å². The number of rotatable bonds is 2. The molecule has 1 N–H and O–H groups in total. The van der Waals surface area contributed by atoms with E-state index in [2.05, 4.69) is 4.98 Å². The lowest BCUT2D eigenvalue weighted by molar-refractivity contribution is 0.101. The van der Waals surface area contributed by atoms with Gasteiger partial charge in [0.1, 0.15) is 5.15 Å². The molecule has 5 nitrogen and oxygen atoms in total. The second kappa shape index (κ2) is 4.43. The van der Waals surface area contributed by atoms with E-state index in [4.69, 9.17) is 16.3 Å². The Balaban J connectivity index is 2.28. The number of aromatic nitrogens is 2. The zero-order valence-corrected chi connectivity index (χ0v) is 9.66. The van der Waals surface area contributed by atoms with E-state index in [0.29, 0.717) is 13.2 Å². The average molecular weight is 245 g/mol. The van der Waals surface area contributed by atoms with Gasteiger partial charge in [0, 0.05) is 25.1 Å². The first-order valence-electron chi connectivity index (χ1n) is 5.19. The first-order valence-corrected chi connectivity index (χ1v) is 5.57. The molecule has 2 rings (SSSR count). The maximum atomic E-state index is 11.6. The lowest BCUT2D eigenvalue weighted by atomic mass is 10.0. The standard InChI is InChI=1S/C10H13ClN2O3/c1-6-7(2-3-16-6)5-13-9(14)4-8(11)12-10(13)15/h4,6-7H,2-3,5H2,1H3,(H,12,15). The number of aromatic amines is 1. The summed E-state index contributed by atoms with van der Waals surface area (Å²) < 4.78 is 6.56. The van der Waals surface area contributed by atoms with Crippen LogP contribution < -0.4 is 11.2 Å². The van der Waals surface area contributed by atoms with Gasteiger partial charge in [-0.2, -0.15) is 0 Å². The van der Waals surface area contributed by atoms with E-state index in [1.165, 1.54) is 10.6 Å². The summed E-state index contributed by atoms with van der Waals surface area (Å²) in [7, 11) is 0. The molecule has 0 aromatic carbocycles. The molecule has 1 saturated heterocycles. The van der Waals surface area contributed by atoms with Crippen molar-refractivity contribution in [3.63, 3.8) is 0 Å². The number of ether oxygens (including phenoxy) is 1. The van der Waals surface area contributed by atoms with Gasteiger partial charge >= 0.3 is 5.69 Å². The molecule has 1 aliphatic heterocycles. The predicted molar refractivity (Wildman–Crippen MR) is 59.9 cm³/mol. The molecule has 0 amide bonds. The SMILES string of the molecule is CC1OCCC1Cn1c(=O)cc(Cl)[nH]c1=O. The van der Waals surface area contributed by atoms with Crippen LogP contribution in [0.15, 0.2) is 15.7 Å². The van der Waals surface area contributed by atoms with Crippen molar-refractivity contribution in [2.24, 2.45) is 5.92 Å². The van der Waals surface area contributed by atoms with Crippen LogP contribution in [0, 0.1) is 5.92 Å². The minimum atomic E-state index is -0.461. The quantitative estimate of drug-likeness (QED) is 0.776. The van der Waals surface area contributed by atoms with Crippen LogP contribution in [-0.4, -0.2) is 22.3 Å². The average Bonchev–Trinajstić information content (AvgIpc) is 2.57. The molecular weight excluding hydrogens is 232 g/mol. The van der Waals surface area contributed by atoms with Crippen LogP contribution in [-0.2, 0) is 11.3 Å². The first-order chi connectivity index (χ1) is 7.58. The Bertz CT molecular complexity index is 462. The van der Waals surface area contributed by atoms with E-state index in [0.717, 1.165) is 6.42 Å². The van der Waals surface area contributed by atoms with E-state index in [9.17, 15) is 9.59 Å². The summed E-state index contributed by atoms with van der Waals surface area (Å²) in [5, 5.41) is 0.0713. The molecule has 1 fully saturated rings. The molecule has 0 spiro atoms. The largest absolute Gasteiger partial charge is 0.378 e. The van der Waals surface area contributed by atoms with Crippen molar-refractivity contribution in [2.45, 2.75) is 26.0 Å². The molecular formula is C10H13ClN2O3. The van der Waals surface area contributed by atoms with Crippen LogP contribution in [0.5, 0.6) is 0 Å². The maximum absolute atomic E-state index is 11.6. The Morgan fingerprint density at radius 3 is 2.94 bits per heavy atom. The van der Waals surface area contributed by atoms with Crippen molar-refractivity contribution < 1.29 is 4.74 Å². The topological polar surface area (TPSA) is 64.1 Å². The monoisotopic (exact) mass is 244 g/mol. The summed E-state index contributed by atoms with van der Waals surface area (Å²) in [6.07, 6.45) is 0.956. The maximum Gasteiger partial charge on any atom is 0.329 e. The summed E-state index contributed by atoms with van der Waals surface area (Å²) >= 11 is 5.57. The van der Waals surface area contributed by atoms with Crippen molar-refractivity contribution in [3.05, 3.63) is 32.1 Å². The normalized spacial score (nSPS) is 24.9. The van der Waals surface area contributed by atoms with Crippen LogP contribution in [0.3, 0.4) is 0 Å². The molecule has 2 unspecified atom stereocenters. The van der Waals surface area contributed by atoms with Gasteiger partial charge < -0.3 is 4.74 Å². The molecule has 88 valence electrons. The zero-order chi connectivity index (χ0) is 11.7. The van der Waals surface area contributed by atoms with Crippen LogP contribution in [0.2, 0.25) is 5.15 Å². The highest BCUT2D eigenvalue weighted by Gasteiger charge is 2.25. The Kier molecular flexibility index (Phi) is 3.16. The number of hydrogen-bond acceptors (Lipinski definition) is 3. The number of H-pyrrole nitrogens is 1. The molecule has 1 aromatic heterocycles. The van der Waals surface area contributed by atoms with Gasteiger partial charge in [-0.15, -0.1) is 0 Å². The highest BCUT2D eigenvalue weighted by molar-refractivity contribution is 6.29. The first kappa shape index (κ1) is 11.4. The fraction of sp³-hybridized carbons (Fsp3) is 0.600. The third kappa shape index (κ3) is 2.20. The Morgan fingerprint density at radius 1 is 1.62 bits per heavy atom. The second-order valence-corrected chi connectivity index (χ2v) is 4.40. The molecule has 1 aromatic rings. The van der Waals surface area contributed by atoms with Gasteiger partial charge in [-0.3, -0.25) is 14.3 Å². The number of nitrogens with zero attached hydrogens (tertiary/aromatic N) is 1. The zero-order valence-electron chi connectivity index (χ0n) is 8.90. The molecule has 0 bridgehead atoms. The van der Waals surface area contributed by atoms with Crippen molar-refractivity contribution in [2.75, 3.05) is 6.61 Å². The Hall–Kier alpha value is -1.07. The summed E-state index contributed by atoms with van der Waals surface area (Å²) in [5.74, 6) is 0.208. The molecule has 0 saturated carbocycles. The van der Waals surface area contributed by atoms with Crippen LogP contribution in [0.1, 0.15) is 13.3 Å². The Morgan fingerprint density at radius 2 is 2.38 bits per heavy atom. The number of halogens is 1. The molecule has 6 heteroatoms. The fourth-order valence-electron chi connectivity index (χ4n) is 1.92. The van der Waals surface area contributed by atoms with Crippen LogP contribution in [0.25, 0.3) is 0 Å². The highest BCUT2D eigenvalue weighted by atomic mass is 35.5. The lowest BCUT2D eigenvalue weighted by Crippen LogP contribution is -2.37. The molecule has 0 radical (unpaired) electrons. The second-order valence-electron chi connectivity index (χ2n) is 4.00. The summed E-state index contributed by atoms with van der Waals surface area (Å²) in [6.45, 7) is 3.02. The van der Waals surface area contributed by atoms with E-state index in [1.807, 2.05) is 6.92 Å². The minimum Gasteiger partial charge on any atom is -0.378 e. The van der Waals surface area contributed by atoms with E-state index >= 15 is 0 Å². The summed E-state index contributed by atoms with van der Waals surface area (Å²) in [4.78, 5) is 25.5. The van der Waals surface area contributed by atoms with E-state index < -0.39 is 5.69 Å². The van der Waals surface area contributed by atoms with Gasteiger partial charge in [-0.1, -0.05) is 11.6 Å². The Labute approximate surface area is 97.0 Å². The van der Waals surface area contributed by atoms with E-state index in [-0.39, 0.29) is 22.7 Å². The molecule has 16 heavy (non-hydrogen) atoms. The summed E-state index contributed by atoms with van der Waals surface area (Å²) in [6, 6.07) is 1.21.